The molecule has 2 rings (SSSR count). The number of anilines is 1. The molecule has 0 bridgehead atoms. The molecule has 94 valence electrons. The topological polar surface area (TPSA) is 49.4 Å². The lowest BCUT2D eigenvalue weighted by molar-refractivity contribution is -0.123. The van der Waals surface area contributed by atoms with Gasteiger partial charge in [-0.25, -0.2) is 0 Å². The molecule has 1 heterocycles. The Kier molecular flexibility index (Phi) is 3.68. The molecule has 2 amide bonds. The maximum atomic E-state index is 12.1. The van der Waals surface area contributed by atoms with Crippen molar-refractivity contribution < 1.29 is 9.59 Å². The van der Waals surface area contributed by atoms with E-state index in [1.165, 1.54) is 23.6 Å². The predicted octanol–water partition coefficient (Wildman–Crippen LogP) is 1.82. The average Bonchev–Trinajstić information content (AvgIpc) is 2.55. The first-order valence-electron chi connectivity index (χ1n) is 5.37. The molecule has 1 saturated heterocycles. The highest BCUT2D eigenvalue weighted by Gasteiger charge is 2.38. The summed E-state index contributed by atoms with van der Waals surface area (Å²) >= 11 is 6.36. The summed E-state index contributed by atoms with van der Waals surface area (Å²) in [6.45, 7) is 3.36. The van der Waals surface area contributed by atoms with E-state index in [0.29, 0.717) is 4.32 Å². The van der Waals surface area contributed by atoms with Gasteiger partial charge < -0.3 is 5.32 Å². The fourth-order valence-corrected chi connectivity index (χ4v) is 3.03. The molecule has 1 atom stereocenters. The van der Waals surface area contributed by atoms with E-state index in [4.69, 9.17) is 12.2 Å². The molecule has 0 aromatic heterocycles. The number of thioether (sulfide) groups is 1. The van der Waals surface area contributed by atoms with Crippen LogP contribution < -0.4 is 10.2 Å². The van der Waals surface area contributed by atoms with Gasteiger partial charge in [-0.15, -0.1) is 0 Å². The first-order valence-corrected chi connectivity index (χ1v) is 6.66. The van der Waals surface area contributed by atoms with Crippen molar-refractivity contribution in [3.8, 4) is 0 Å². The third-order valence-electron chi connectivity index (χ3n) is 2.47. The van der Waals surface area contributed by atoms with Gasteiger partial charge in [0.2, 0.25) is 5.91 Å². The van der Waals surface area contributed by atoms with Crippen LogP contribution >= 0.6 is 24.0 Å². The van der Waals surface area contributed by atoms with Crippen molar-refractivity contribution in [3.05, 3.63) is 29.8 Å². The lowest BCUT2D eigenvalue weighted by Gasteiger charge is -2.15. The molecule has 0 radical (unpaired) electrons. The number of hydrogen-bond acceptors (Lipinski definition) is 4. The summed E-state index contributed by atoms with van der Waals surface area (Å²) in [6, 6.07) is 7.52. The molecular formula is C12H12N2O2S2. The summed E-state index contributed by atoms with van der Waals surface area (Å²) in [7, 11) is 0. The second-order valence-corrected chi connectivity index (χ2v) is 5.71. The monoisotopic (exact) mass is 280 g/mol. The van der Waals surface area contributed by atoms with Crippen LogP contribution in [0.2, 0.25) is 0 Å². The number of benzene rings is 1. The van der Waals surface area contributed by atoms with E-state index >= 15 is 0 Å². The van der Waals surface area contributed by atoms with Crippen LogP contribution in [0.15, 0.2) is 24.3 Å². The van der Waals surface area contributed by atoms with Gasteiger partial charge in [0, 0.05) is 6.92 Å². The fraction of sp³-hybridized carbons (Fsp3) is 0.250. The second-order valence-electron chi connectivity index (χ2n) is 3.97. The number of carbonyl (C=O) groups excluding carboxylic acids is 2. The Bertz CT molecular complexity index is 513. The van der Waals surface area contributed by atoms with Crippen LogP contribution in [0.3, 0.4) is 0 Å². The minimum atomic E-state index is -0.615. The largest absolute Gasteiger partial charge is 0.336 e. The van der Waals surface area contributed by atoms with Crippen molar-refractivity contribution in [1.82, 2.24) is 5.32 Å². The smallest absolute Gasteiger partial charge is 0.266 e. The van der Waals surface area contributed by atoms with E-state index in [1.54, 1.807) is 0 Å². The summed E-state index contributed by atoms with van der Waals surface area (Å²) in [4.78, 5) is 24.6. The van der Waals surface area contributed by atoms with Crippen molar-refractivity contribution in [2.24, 2.45) is 0 Å². The number of rotatable bonds is 2. The summed E-state index contributed by atoms with van der Waals surface area (Å²) in [5.74, 6) is -0.446. The van der Waals surface area contributed by atoms with Gasteiger partial charge in [-0.05, 0) is 19.1 Å². The van der Waals surface area contributed by atoms with Crippen LogP contribution in [0.1, 0.15) is 12.5 Å². The fourth-order valence-electron chi connectivity index (χ4n) is 1.61. The van der Waals surface area contributed by atoms with Crippen LogP contribution in [-0.2, 0) is 9.59 Å². The van der Waals surface area contributed by atoms with Crippen LogP contribution in [0.5, 0.6) is 0 Å². The number of amides is 2. The van der Waals surface area contributed by atoms with Gasteiger partial charge in [-0.1, -0.05) is 41.7 Å². The van der Waals surface area contributed by atoms with E-state index in [1.807, 2.05) is 31.2 Å². The van der Waals surface area contributed by atoms with Crippen molar-refractivity contribution >= 4 is 45.8 Å². The SMILES string of the molecule is CC(=O)NC1SC(=S)N(c2ccc(C)cc2)C1=O. The minimum Gasteiger partial charge on any atom is -0.336 e. The Morgan fingerprint density at radius 1 is 1.39 bits per heavy atom. The molecule has 1 aliphatic rings. The number of carbonyl (C=O) groups is 2. The summed E-state index contributed by atoms with van der Waals surface area (Å²) in [5, 5.41) is 1.96. The third-order valence-corrected chi connectivity index (χ3v) is 3.88. The van der Waals surface area contributed by atoms with Gasteiger partial charge in [0.05, 0.1) is 5.69 Å². The average molecular weight is 280 g/mol. The quantitative estimate of drug-likeness (QED) is 0.840. The maximum Gasteiger partial charge on any atom is 0.266 e. The molecule has 0 spiro atoms. The zero-order chi connectivity index (χ0) is 13.3. The molecule has 0 saturated carbocycles. The zero-order valence-electron chi connectivity index (χ0n) is 9.97. The molecule has 1 aromatic carbocycles. The van der Waals surface area contributed by atoms with Gasteiger partial charge in [-0.2, -0.15) is 0 Å². The third kappa shape index (κ3) is 2.54. The first-order chi connectivity index (χ1) is 8.49. The first kappa shape index (κ1) is 13.0. The molecule has 1 aliphatic heterocycles. The van der Waals surface area contributed by atoms with E-state index in [0.717, 1.165) is 11.3 Å². The number of thiocarbonyl (C=S) groups is 1. The number of hydrogen-bond donors (Lipinski definition) is 1. The molecule has 4 nitrogen and oxygen atoms in total. The highest BCUT2D eigenvalue weighted by atomic mass is 32.2. The zero-order valence-corrected chi connectivity index (χ0v) is 11.6. The molecular weight excluding hydrogens is 268 g/mol. The number of nitrogens with one attached hydrogen (secondary N) is 1. The van der Waals surface area contributed by atoms with Gasteiger partial charge in [0.15, 0.2) is 5.37 Å². The van der Waals surface area contributed by atoms with E-state index in [9.17, 15) is 9.59 Å². The lowest BCUT2D eigenvalue weighted by atomic mass is 10.2. The van der Waals surface area contributed by atoms with Crippen molar-refractivity contribution in [2.45, 2.75) is 19.2 Å². The lowest BCUT2D eigenvalue weighted by Crippen LogP contribution is -2.40. The van der Waals surface area contributed by atoms with Gasteiger partial charge in [0.25, 0.3) is 5.91 Å². The van der Waals surface area contributed by atoms with Crippen LogP contribution in [0.25, 0.3) is 0 Å². The van der Waals surface area contributed by atoms with Crippen molar-refractivity contribution in [1.29, 1.82) is 0 Å². The molecule has 1 unspecified atom stereocenters. The predicted molar refractivity (Wildman–Crippen MR) is 76.5 cm³/mol. The number of nitrogens with zero attached hydrogens (tertiary/aromatic N) is 1. The Morgan fingerprint density at radius 2 is 2.00 bits per heavy atom. The van der Waals surface area contributed by atoms with Crippen LogP contribution in [0, 0.1) is 6.92 Å². The van der Waals surface area contributed by atoms with Crippen molar-refractivity contribution in [3.63, 3.8) is 0 Å². The highest BCUT2D eigenvalue weighted by molar-refractivity contribution is 8.25. The summed E-state index contributed by atoms with van der Waals surface area (Å²) in [6.07, 6.45) is 0. The second kappa shape index (κ2) is 5.07. The van der Waals surface area contributed by atoms with E-state index in [2.05, 4.69) is 5.32 Å². The van der Waals surface area contributed by atoms with E-state index in [-0.39, 0.29) is 11.8 Å². The van der Waals surface area contributed by atoms with Crippen LogP contribution in [-0.4, -0.2) is 21.5 Å². The summed E-state index contributed by atoms with van der Waals surface area (Å²) in [5.41, 5.74) is 1.85. The molecule has 1 N–H and O–H groups in total. The maximum absolute atomic E-state index is 12.1. The Labute approximate surface area is 115 Å². The molecule has 1 fully saturated rings. The molecule has 1 aromatic rings. The van der Waals surface area contributed by atoms with Gasteiger partial charge in [-0.3, -0.25) is 14.5 Å². The number of aryl methyl sites for hydroxylation is 1. The Morgan fingerprint density at radius 3 is 2.56 bits per heavy atom. The van der Waals surface area contributed by atoms with E-state index < -0.39 is 5.37 Å². The van der Waals surface area contributed by atoms with Crippen molar-refractivity contribution in [2.75, 3.05) is 4.90 Å². The molecule has 18 heavy (non-hydrogen) atoms. The minimum absolute atomic E-state index is 0.205. The Balaban J connectivity index is 2.24. The van der Waals surface area contributed by atoms with Gasteiger partial charge >= 0.3 is 0 Å². The molecule has 6 heteroatoms. The normalized spacial score (nSPS) is 19.2. The molecule has 0 aliphatic carbocycles. The highest BCUT2D eigenvalue weighted by Crippen LogP contribution is 2.30. The summed E-state index contributed by atoms with van der Waals surface area (Å²) < 4.78 is 0.461. The van der Waals surface area contributed by atoms with Gasteiger partial charge in [0.1, 0.15) is 4.32 Å². The Hall–Kier alpha value is -1.40. The standard InChI is InChI=1S/C12H12N2O2S2/c1-7-3-5-9(6-4-7)14-11(16)10(13-8(2)15)18-12(14)17/h3-6,10H,1-2H3,(H,13,15). The van der Waals surface area contributed by atoms with Crippen LogP contribution in [0.4, 0.5) is 5.69 Å².